The summed E-state index contributed by atoms with van der Waals surface area (Å²) in [5, 5.41) is 19.1. The second kappa shape index (κ2) is 10.7. The normalized spacial score (nSPS) is 22.0. The fraction of sp³-hybridized carbons (Fsp3) is 0.391. The maximum atomic E-state index is 10.6. The second-order valence-electron chi connectivity index (χ2n) is 7.19. The van der Waals surface area contributed by atoms with E-state index in [1.807, 2.05) is 30.3 Å². The lowest BCUT2D eigenvalue weighted by molar-refractivity contribution is -0.238. The van der Waals surface area contributed by atoms with Crippen molar-refractivity contribution in [1.29, 1.82) is 0 Å². The molecule has 0 radical (unpaired) electrons. The van der Waals surface area contributed by atoms with E-state index in [2.05, 4.69) is 11.1 Å². The van der Waals surface area contributed by atoms with Gasteiger partial charge in [0, 0.05) is 36.7 Å². The number of carboxylic acids is 1. The van der Waals surface area contributed by atoms with Gasteiger partial charge in [0.2, 0.25) is 0 Å². The fourth-order valence-corrected chi connectivity index (χ4v) is 3.46. The molecular weight excluding hydrogens is 370 g/mol. The number of benzene rings is 1. The molecular formula is C23H27NO5. The Labute approximate surface area is 170 Å². The molecule has 0 aliphatic carbocycles. The standard InChI is InChI=1S/C23H27NO5/c25-20-9-6-5-8-19(20)23-18(7-3-1-2-4-10-21(26)27)16-28-22(29-23)15-17-11-13-24-14-12-17/h1,3,5-6,8-9,11-14,18,22-23,25H,2,4,7,10,15-16H2,(H,26,27)/b3-1-. The summed E-state index contributed by atoms with van der Waals surface area (Å²) in [5.74, 6) is -0.488. The van der Waals surface area contributed by atoms with Crippen LogP contribution in [-0.2, 0) is 20.7 Å². The number of hydrogen-bond acceptors (Lipinski definition) is 5. The van der Waals surface area contributed by atoms with Crippen LogP contribution >= 0.6 is 0 Å². The number of allylic oxidation sites excluding steroid dienone is 2. The first-order valence-electron chi connectivity index (χ1n) is 9.94. The fourth-order valence-electron chi connectivity index (χ4n) is 3.46. The van der Waals surface area contributed by atoms with Gasteiger partial charge in [-0.2, -0.15) is 0 Å². The Morgan fingerprint density at radius 1 is 1.17 bits per heavy atom. The molecule has 2 aromatic rings. The van der Waals surface area contributed by atoms with Crippen molar-refractivity contribution >= 4 is 5.97 Å². The predicted octanol–water partition coefficient (Wildman–Crippen LogP) is 4.26. The van der Waals surface area contributed by atoms with Crippen molar-refractivity contribution in [2.75, 3.05) is 6.61 Å². The number of aromatic nitrogens is 1. The zero-order valence-corrected chi connectivity index (χ0v) is 16.3. The zero-order valence-electron chi connectivity index (χ0n) is 16.3. The minimum atomic E-state index is -0.771. The van der Waals surface area contributed by atoms with Crippen LogP contribution in [0.2, 0.25) is 0 Å². The van der Waals surface area contributed by atoms with Gasteiger partial charge in [0.1, 0.15) is 5.75 Å². The van der Waals surface area contributed by atoms with Gasteiger partial charge in [-0.05, 0) is 43.0 Å². The molecule has 3 atom stereocenters. The molecule has 154 valence electrons. The van der Waals surface area contributed by atoms with E-state index in [9.17, 15) is 9.90 Å². The molecule has 3 unspecified atom stereocenters. The molecule has 1 fully saturated rings. The third-order valence-electron chi connectivity index (χ3n) is 4.98. The topological polar surface area (TPSA) is 88.9 Å². The minimum absolute atomic E-state index is 0.0627. The van der Waals surface area contributed by atoms with E-state index < -0.39 is 12.3 Å². The summed E-state index contributed by atoms with van der Waals surface area (Å²) in [6, 6.07) is 11.1. The molecule has 2 heterocycles. The van der Waals surface area contributed by atoms with Gasteiger partial charge in [0.25, 0.3) is 0 Å². The van der Waals surface area contributed by atoms with Gasteiger partial charge in [-0.25, -0.2) is 0 Å². The van der Waals surface area contributed by atoms with E-state index in [0.717, 1.165) is 24.0 Å². The summed E-state index contributed by atoms with van der Waals surface area (Å²) < 4.78 is 12.2. The van der Waals surface area contributed by atoms with Crippen LogP contribution in [0.3, 0.4) is 0 Å². The Kier molecular flexibility index (Phi) is 7.78. The van der Waals surface area contributed by atoms with Crippen LogP contribution in [0.15, 0.2) is 60.9 Å². The van der Waals surface area contributed by atoms with Crippen molar-refractivity contribution < 1.29 is 24.5 Å². The van der Waals surface area contributed by atoms with Crippen molar-refractivity contribution in [2.24, 2.45) is 5.92 Å². The lowest BCUT2D eigenvalue weighted by Gasteiger charge is -2.37. The monoisotopic (exact) mass is 397 g/mol. The van der Waals surface area contributed by atoms with E-state index in [1.165, 1.54) is 0 Å². The number of ether oxygens (including phenoxy) is 2. The highest BCUT2D eigenvalue weighted by Crippen LogP contribution is 2.39. The highest BCUT2D eigenvalue weighted by atomic mass is 16.7. The van der Waals surface area contributed by atoms with Crippen LogP contribution in [0.1, 0.15) is 42.9 Å². The number of phenolic OH excluding ortho intramolecular Hbond substituents is 1. The molecule has 1 aliphatic rings. The zero-order chi connectivity index (χ0) is 20.5. The van der Waals surface area contributed by atoms with E-state index in [0.29, 0.717) is 19.4 Å². The molecule has 1 aliphatic heterocycles. The first-order chi connectivity index (χ1) is 14.1. The van der Waals surface area contributed by atoms with Crippen molar-refractivity contribution in [3.8, 4) is 5.75 Å². The lowest BCUT2D eigenvalue weighted by Crippen LogP contribution is -2.36. The predicted molar refractivity (Wildman–Crippen MR) is 108 cm³/mol. The number of carbonyl (C=O) groups is 1. The first-order valence-corrected chi connectivity index (χ1v) is 9.94. The number of nitrogens with zero attached hydrogens (tertiary/aromatic N) is 1. The Morgan fingerprint density at radius 3 is 2.72 bits per heavy atom. The number of phenols is 1. The Balaban J connectivity index is 1.65. The molecule has 6 heteroatoms. The van der Waals surface area contributed by atoms with Crippen LogP contribution in [-0.4, -0.2) is 34.1 Å². The maximum absolute atomic E-state index is 10.6. The number of rotatable bonds is 9. The molecule has 0 amide bonds. The van der Waals surface area contributed by atoms with Crippen molar-refractivity contribution in [2.45, 2.75) is 44.5 Å². The van der Waals surface area contributed by atoms with Crippen LogP contribution in [0.5, 0.6) is 5.75 Å². The number of aliphatic carboxylic acids is 1. The van der Waals surface area contributed by atoms with Gasteiger partial charge in [-0.3, -0.25) is 9.78 Å². The number of aromatic hydroxyl groups is 1. The van der Waals surface area contributed by atoms with Crippen LogP contribution in [0.25, 0.3) is 0 Å². The molecule has 1 aromatic heterocycles. The average Bonchev–Trinajstić information content (AvgIpc) is 2.72. The second-order valence-corrected chi connectivity index (χ2v) is 7.19. The van der Waals surface area contributed by atoms with E-state index in [4.69, 9.17) is 14.6 Å². The third kappa shape index (κ3) is 6.41. The Hall–Kier alpha value is -2.70. The summed E-state index contributed by atoms with van der Waals surface area (Å²) >= 11 is 0. The van der Waals surface area contributed by atoms with Gasteiger partial charge in [-0.15, -0.1) is 0 Å². The smallest absolute Gasteiger partial charge is 0.303 e. The number of unbranched alkanes of at least 4 members (excludes halogenated alkanes) is 1. The van der Waals surface area contributed by atoms with Crippen LogP contribution in [0, 0.1) is 5.92 Å². The van der Waals surface area contributed by atoms with Gasteiger partial charge >= 0.3 is 5.97 Å². The quantitative estimate of drug-likeness (QED) is 0.485. The van der Waals surface area contributed by atoms with Gasteiger partial charge in [-0.1, -0.05) is 30.4 Å². The number of hydrogen-bond donors (Lipinski definition) is 2. The summed E-state index contributed by atoms with van der Waals surface area (Å²) in [6.45, 7) is 0.522. The SMILES string of the molecule is O=C(O)CCC/C=C\CC1COC(Cc2ccncc2)OC1c1ccccc1O. The Morgan fingerprint density at radius 2 is 1.97 bits per heavy atom. The van der Waals surface area contributed by atoms with Crippen LogP contribution < -0.4 is 0 Å². The largest absolute Gasteiger partial charge is 0.508 e. The third-order valence-corrected chi connectivity index (χ3v) is 4.98. The highest BCUT2D eigenvalue weighted by Gasteiger charge is 2.33. The summed E-state index contributed by atoms with van der Waals surface area (Å²) in [6.07, 6.45) is 9.76. The minimum Gasteiger partial charge on any atom is -0.508 e. The molecule has 6 nitrogen and oxygen atoms in total. The molecule has 0 saturated carbocycles. The van der Waals surface area contributed by atoms with E-state index in [1.54, 1.807) is 24.5 Å². The van der Waals surface area contributed by atoms with E-state index in [-0.39, 0.29) is 24.2 Å². The van der Waals surface area contributed by atoms with Crippen molar-refractivity contribution in [1.82, 2.24) is 4.98 Å². The molecule has 0 spiro atoms. The number of pyridine rings is 1. The first kappa shape index (κ1) is 21.0. The average molecular weight is 397 g/mol. The lowest BCUT2D eigenvalue weighted by atomic mass is 9.91. The van der Waals surface area contributed by atoms with Gasteiger partial charge < -0.3 is 19.7 Å². The van der Waals surface area contributed by atoms with Crippen molar-refractivity contribution in [3.63, 3.8) is 0 Å². The number of carboxylic acid groups (broad SMARTS) is 1. The number of para-hydroxylation sites is 1. The molecule has 1 aromatic carbocycles. The van der Waals surface area contributed by atoms with Gasteiger partial charge in [0.05, 0.1) is 12.7 Å². The van der Waals surface area contributed by atoms with Gasteiger partial charge in [0.15, 0.2) is 6.29 Å². The Bertz CT molecular complexity index is 808. The molecule has 29 heavy (non-hydrogen) atoms. The van der Waals surface area contributed by atoms with Crippen molar-refractivity contribution in [3.05, 3.63) is 72.1 Å². The molecule has 2 N–H and O–H groups in total. The van der Waals surface area contributed by atoms with Crippen LogP contribution in [0.4, 0.5) is 0 Å². The maximum Gasteiger partial charge on any atom is 0.303 e. The molecule has 3 rings (SSSR count). The van der Waals surface area contributed by atoms with E-state index >= 15 is 0 Å². The summed E-state index contributed by atoms with van der Waals surface area (Å²) in [7, 11) is 0. The molecule has 0 bridgehead atoms. The molecule has 1 saturated heterocycles. The summed E-state index contributed by atoms with van der Waals surface area (Å²) in [4.78, 5) is 14.6. The highest BCUT2D eigenvalue weighted by molar-refractivity contribution is 5.66. The summed E-state index contributed by atoms with van der Waals surface area (Å²) in [5.41, 5.74) is 1.85.